The Kier molecular flexibility index (Phi) is 4.53. The molecule has 1 atom stereocenters. The second-order valence-corrected chi connectivity index (χ2v) is 4.45. The molecule has 19 heavy (non-hydrogen) atoms. The maximum absolute atomic E-state index is 12.8. The van der Waals surface area contributed by atoms with E-state index in [0.29, 0.717) is 18.6 Å². The van der Waals surface area contributed by atoms with E-state index >= 15 is 0 Å². The van der Waals surface area contributed by atoms with Gasteiger partial charge in [-0.2, -0.15) is 26.3 Å². The molecule has 0 radical (unpaired) electrons. The number of halogens is 6. The largest absolute Gasteiger partial charge is 0.416 e. The van der Waals surface area contributed by atoms with Crippen molar-refractivity contribution in [3.05, 3.63) is 34.9 Å². The van der Waals surface area contributed by atoms with E-state index in [-0.39, 0.29) is 6.42 Å². The molecule has 0 aromatic heterocycles. The Bertz CT molecular complexity index is 397. The molecule has 0 spiro atoms. The fourth-order valence-corrected chi connectivity index (χ4v) is 2.17. The summed E-state index contributed by atoms with van der Waals surface area (Å²) < 4.78 is 77.1. The van der Waals surface area contributed by atoms with Crippen molar-refractivity contribution in [2.75, 3.05) is 0 Å². The van der Waals surface area contributed by atoms with Gasteiger partial charge >= 0.3 is 12.4 Å². The third-order valence-electron chi connectivity index (χ3n) is 2.93. The Morgan fingerprint density at radius 1 is 0.947 bits per heavy atom. The third-order valence-corrected chi connectivity index (χ3v) is 2.93. The summed E-state index contributed by atoms with van der Waals surface area (Å²) in [5.74, 6) is -0.792. The molecule has 0 fully saturated rings. The molecule has 1 rings (SSSR count). The molecule has 108 valence electrons. The molecule has 0 heterocycles. The molecule has 0 saturated carbocycles. The van der Waals surface area contributed by atoms with Gasteiger partial charge in [0.1, 0.15) is 0 Å². The van der Waals surface area contributed by atoms with Gasteiger partial charge in [-0.25, -0.2) is 0 Å². The van der Waals surface area contributed by atoms with Gasteiger partial charge in [-0.15, -0.1) is 0 Å². The fourth-order valence-electron chi connectivity index (χ4n) is 2.17. The molecule has 0 saturated heterocycles. The van der Waals surface area contributed by atoms with Crippen LogP contribution < -0.4 is 0 Å². The summed E-state index contributed by atoms with van der Waals surface area (Å²) in [6.07, 6.45) is -8.77. The topological polar surface area (TPSA) is 0 Å². The lowest BCUT2D eigenvalue weighted by Gasteiger charge is -2.22. The molecule has 1 aromatic rings. The first-order valence-electron chi connectivity index (χ1n) is 5.86. The van der Waals surface area contributed by atoms with Crippen molar-refractivity contribution in [2.45, 2.75) is 45.0 Å². The van der Waals surface area contributed by atoms with Gasteiger partial charge in [-0.3, -0.25) is 0 Å². The summed E-state index contributed by atoms with van der Waals surface area (Å²) in [7, 11) is 0. The average molecular weight is 284 g/mol. The minimum atomic E-state index is -4.78. The third kappa shape index (κ3) is 3.64. The standard InChI is InChI=1S/C13H14F6/c1-3-5-8(2)11-9(12(14,15)16)6-4-7-10(11)13(17,18)19/h4,6-8H,3,5H2,1-2H3. The number of alkyl halides is 6. The van der Waals surface area contributed by atoms with Crippen molar-refractivity contribution in [1.29, 1.82) is 0 Å². The summed E-state index contributed by atoms with van der Waals surface area (Å²) in [5.41, 5.74) is -3.03. The highest BCUT2D eigenvalue weighted by Crippen LogP contribution is 2.43. The maximum Gasteiger partial charge on any atom is 0.416 e. The van der Waals surface area contributed by atoms with E-state index < -0.39 is 35.0 Å². The smallest absolute Gasteiger partial charge is 0.166 e. The molecule has 0 aliphatic carbocycles. The summed E-state index contributed by atoms with van der Waals surface area (Å²) in [5, 5.41) is 0. The van der Waals surface area contributed by atoms with Crippen LogP contribution >= 0.6 is 0 Å². The number of hydrogen-bond acceptors (Lipinski definition) is 0. The second-order valence-electron chi connectivity index (χ2n) is 4.45. The first-order chi connectivity index (χ1) is 8.59. The Morgan fingerprint density at radius 3 is 1.68 bits per heavy atom. The zero-order chi connectivity index (χ0) is 14.8. The fraction of sp³-hybridized carbons (Fsp3) is 0.538. The summed E-state index contributed by atoms with van der Waals surface area (Å²) in [4.78, 5) is 0. The Labute approximate surface area is 107 Å². The number of benzene rings is 1. The molecule has 6 heteroatoms. The molecule has 0 N–H and O–H groups in total. The molecule has 1 unspecified atom stereocenters. The van der Waals surface area contributed by atoms with Crippen LogP contribution in [0.5, 0.6) is 0 Å². The van der Waals surface area contributed by atoms with E-state index in [1.54, 1.807) is 6.92 Å². The summed E-state index contributed by atoms with van der Waals surface area (Å²) in [6, 6.07) is 2.21. The van der Waals surface area contributed by atoms with Gasteiger partial charge in [0.15, 0.2) is 0 Å². The van der Waals surface area contributed by atoms with Crippen LogP contribution in [0, 0.1) is 0 Å². The summed E-state index contributed by atoms with van der Waals surface area (Å²) in [6.45, 7) is 3.11. The Morgan fingerprint density at radius 2 is 1.37 bits per heavy atom. The lowest BCUT2D eigenvalue weighted by Crippen LogP contribution is -2.18. The number of rotatable bonds is 3. The van der Waals surface area contributed by atoms with Gasteiger partial charge in [0.2, 0.25) is 0 Å². The Balaban J connectivity index is 3.50. The number of hydrogen-bond donors (Lipinski definition) is 0. The normalized spacial score (nSPS) is 14.5. The van der Waals surface area contributed by atoms with Gasteiger partial charge in [0.05, 0.1) is 11.1 Å². The van der Waals surface area contributed by atoms with Gasteiger partial charge in [-0.1, -0.05) is 26.3 Å². The highest BCUT2D eigenvalue weighted by atomic mass is 19.4. The first kappa shape index (κ1) is 15.9. The highest BCUT2D eigenvalue weighted by molar-refractivity contribution is 5.41. The van der Waals surface area contributed by atoms with Gasteiger partial charge in [0.25, 0.3) is 0 Å². The van der Waals surface area contributed by atoms with Crippen molar-refractivity contribution >= 4 is 0 Å². The van der Waals surface area contributed by atoms with Crippen LogP contribution in [0.3, 0.4) is 0 Å². The molecule has 0 nitrogen and oxygen atoms in total. The van der Waals surface area contributed by atoms with E-state index in [1.165, 1.54) is 6.92 Å². The molecule has 0 amide bonds. The quantitative estimate of drug-likeness (QED) is 0.631. The van der Waals surface area contributed by atoms with Crippen LogP contribution in [0.15, 0.2) is 18.2 Å². The van der Waals surface area contributed by atoms with E-state index in [0.717, 1.165) is 6.07 Å². The predicted molar refractivity (Wildman–Crippen MR) is 59.8 cm³/mol. The van der Waals surface area contributed by atoms with Gasteiger partial charge in [0, 0.05) is 0 Å². The minimum absolute atomic E-state index is 0.274. The van der Waals surface area contributed by atoms with E-state index in [1.807, 2.05) is 0 Å². The lowest BCUT2D eigenvalue weighted by molar-refractivity contribution is -0.144. The lowest BCUT2D eigenvalue weighted by atomic mass is 9.87. The van der Waals surface area contributed by atoms with Gasteiger partial charge in [-0.05, 0) is 30.0 Å². The minimum Gasteiger partial charge on any atom is -0.166 e. The van der Waals surface area contributed by atoms with Crippen molar-refractivity contribution in [3.63, 3.8) is 0 Å². The molecular formula is C13H14F6. The van der Waals surface area contributed by atoms with E-state index in [9.17, 15) is 26.3 Å². The van der Waals surface area contributed by atoms with Crippen molar-refractivity contribution in [2.24, 2.45) is 0 Å². The first-order valence-corrected chi connectivity index (χ1v) is 5.86. The van der Waals surface area contributed by atoms with Crippen LogP contribution in [0.1, 0.15) is 49.3 Å². The molecular weight excluding hydrogens is 270 g/mol. The van der Waals surface area contributed by atoms with Crippen molar-refractivity contribution in [1.82, 2.24) is 0 Å². The van der Waals surface area contributed by atoms with Gasteiger partial charge < -0.3 is 0 Å². The molecule has 1 aromatic carbocycles. The monoisotopic (exact) mass is 284 g/mol. The van der Waals surface area contributed by atoms with Crippen LogP contribution in [0.25, 0.3) is 0 Å². The van der Waals surface area contributed by atoms with Crippen molar-refractivity contribution < 1.29 is 26.3 Å². The molecule has 0 bridgehead atoms. The van der Waals surface area contributed by atoms with Crippen molar-refractivity contribution in [3.8, 4) is 0 Å². The zero-order valence-corrected chi connectivity index (χ0v) is 10.5. The van der Waals surface area contributed by atoms with Crippen LogP contribution in [0.2, 0.25) is 0 Å². The zero-order valence-electron chi connectivity index (χ0n) is 10.5. The second kappa shape index (κ2) is 5.43. The van der Waals surface area contributed by atoms with Crippen LogP contribution in [-0.2, 0) is 12.4 Å². The Hall–Kier alpha value is -1.20. The highest BCUT2D eigenvalue weighted by Gasteiger charge is 2.41. The maximum atomic E-state index is 12.8. The SMILES string of the molecule is CCCC(C)c1c(C(F)(F)F)cccc1C(F)(F)F. The summed E-state index contributed by atoms with van der Waals surface area (Å²) >= 11 is 0. The average Bonchev–Trinajstić information content (AvgIpc) is 2.26. The van der Waals surface area contributed by atoms with E-state index in [2.05, 4.69) is 0 Å². The predicted octanol–water partition coefficient (Wildman–Crippen LogP) is 5.63. The molecule has 0 aliphatic rings. The molecule has 0 aliphatic heterocycles. The van der Waals surface area contributed by atoms with Crippen LogP contribution in [-0.4, -0.2) is 0 Å². The van der Waals surface area contributed by atoms with Crippen LogP contribution in [0.4, 0.5) is 26.3 Å². The van der Waals surface area contributed by atoms with E-state index in [4.69, 9.17) is 0 Å².